The first-order chi connectivity index (χ1) is 12.5. The summed E-state index contributed by atoms with van der Waals surface area (Å²) in [5.41, 5.74) is 0.115. The molecule has 1 unspecified atom stereocenters. The normalized spacial score (nSPS) is 13.6. The molecule has 0 spiro atoms. The average Bonchev–Trinajstić information content (AvgIpc) is 2.52. The van der Waals surface area contributed by atoms with Gasteiger partial charge in [0.2, 0.25) is 0 Å². The number of carboxylic acid groups (broad SMARTS) is 1. The largest absolute Gasteiger partial charge is 0.481 e. The van der Waals surface area contributed by atoms with Crippen LogP contribution in [-0.2, 0) is 25.5 Å². The van der Waals surface area contributed by atoms with Gasteiger partial charge in [0.05, 0.1) is 6.42 Å². The smallest absolute Gasteiger partial charge is 0.408 e. The number of carboxylic acids is 1. The van der Waals surface area contributed by atoms with Gasteiger partial charge in [-0.2, -0.15) is 0 Å². The van der Waals surface area contributed by atoms with Gasteiger partial charge in [-0.15, -0.1) is 0 Å². The number of benzene rings is 1. The Kier molecular flexibility index (Phi) is 8.28. The van der Waals surface area contributed by atoms with E-state index in [2.05, 4.69) is 5.32 Å². The van der Waals surface area contributed by atoms with Gasteiger partial charge in [0, 0.05) is 6.42 Å². The Morgan fingerprint density at radius 3 is 2.19 bits per heavy atom. The number of hydrogen-bond acceptors (Lipinski definition) is 5. The predicted molar refractivity (Wildman–Crippen MR) is 100 cm³/mol. The lowest BCUT2D eigenvalue weighted by atomic mass is 10.0. The van der Waals surface area contributed by atoms with Crippen molar-refractivity contribution in [1.29, 1.82) is 0 Å². The van der Waals surface area contributed by atoms with Crippen LogP contribution in [0, 0.1) is 5.92 Å². The zero-order valence-corrected chi connectivity index (χ0v) is 16.5. The molecule has 0 heterocycles. The maximum absolute atomic E-state index is 12.7. The molecule has 7 heteroatoms. The average molecular weight is 379 g/mol. The molecule has 27 heavy (non-hydrogen) atoms. The van der Waals surface area contributed by atoms with Crippen LogP contribution in [0.2, 0.25) is 0 Å². The fourth-order valence-electron chi connectivity index (χ4n) is 2.31. The number of ether oxygens (including phenoxy) is 2. The molecule has 0 aliphatic rings. The van der Waals surface area contributed by atoms with Crippen LogP contribution in [0.25, 0.3) is 0 Å². The summed E-state index contributed by atoms with van der Waals surface area (Å²) < 4.78 is 10.6. The van der Waals surface area contributed by atoms with E-state index in [0.29, 0.717) is 0 Å². The number of carbonyl (C=O) groups is 3. The third-order valence-electron chi connectivity index (χ3n) is 3.65. The number of aliphatic carboxylic acids is 1. The third kappa shape index (κ3) is 9.08. The highest BCUT2D eigenvalue weighted by molar-refractivity contribution is 5.82. The summed E-state index contributed by atoms with van der Waals surface area (Å²) in [5, 5.41) is 11.5. The molecule has 0 aromatic heterocycles. The highest BCUT2D eigenvalue weighted by atomic mass is 16.6. The molecule has 0 aliphatic heterocycles. The molecule has 0 saturated heterocycles. The van der Waals surface area contributed by atoms with Gasteiger partial charge in [-0.25, -0.2) is 9.59 Å². The highest BCUT2D eigenvalue weighted by Crippen LogP contribution is 2.14. The van der Waals surface area contributed by atoms with Crippen LogP contribution in [0.15, 0.2) is 30.3 Å². The van der Waals surface area contributed by atoms with Crippen molar-refractivity contribution in [2.45, 2.75) is 65.2 Å². The molecule has 0 saturated carbocycles. The number of nitrogens with one attached hydrogen (secondary N) is 1. The molecule has 0 radical (unpaired) electrons. The molecular weight excluding hydrogens is 350 g/mol. The first-order valence-corrected chi connectivity index (χ1v) is 8.93. The Bertz CT molecular complexity index is 636. The lowest BCUT2D eigenvalue weighted by molar-refractivity contribution is -0.157. The minimum absolute atomic E-state index is 0.177. The molecule has 150 valence electrons. The van der Waals surface area contributed by atoms with Crippen molar-refractivity contribution in [1.82, 2.24) is 5.32 Å². The van der Waals surface area contributed by atoms with Crippen LogP contribution >= 0.6 is 0 Å². The zero-order valence-electron chi connectivity index (χ0n) is 16.5. The van der Waals surface area contributed by atoms with Gasteiger partial charge < -0.3 is 19.9 Å². The summed E-state index contributed by atoms with van der Waals surface area (Å²) >= 11 is 0. The Labute approximate surface area is 160 Å². The summed E-state index contributed by atoms with van der Waals surface area (Å²) in [6.45, 7) is 8.71. The van der Waals surface area contributed by atoms with Gasteiger partial charge in [0.25, 0.3) is 0 Å². The van der Waals surface area contributed by atoms with Crippen LogP contribution < -0.4 is 5.32 Å². The number of hydrogen-bond donors (Lipinski definition) is 2. The van der Waals surface area contributed by atoms with Gasteiger partial charge in [0.1, 0.15) is 17.7 Å². The second-order valence-corrected chi connectivity index (χ2v) is 7.71. The quantitative estimate of drug-likeness (QED) is 0.673. The van der Waals surface area contributed by atoms with E-state index in [1.165, 1.54) is 0 Å². The van der Waals surface area contributed by atoms with Gasteiger partial charge >= 0.3 is 18.0 Å². The van der Waals surface area contributed by atoms with Gasteiger partial charge in [-0.05, 0) is 32.3 Å². The first-order valence-electron chi connectivity index (χ1n) is 8.93. The maximum atomic E-state index is 12.7. The van der Waals surface area contributed by atoms with Crippen molar-refractivity contribution in [3.8, 4) is 0 Å². The van der Waals surface area contributed by atoms with E-state index in [-0.39, 0.29) is 18.8 Å². The Morgan fingerprint density at radius 1 is 1.11 bits per heavy atom. The van der Waals surface area contributed by atoms with Gasteiger partial charge in [0.15, 0.2) is 0 Å². The lowest BCUT2D eigenvalue weighted by Crippen LogP contribution is -2.47. The monoisotopic (exact) mass is 379 g/mol. The van der Waals surface area contributed by atoms with Crippen LogP contribution in [0.1, 0.15) is 46.6 Å². The molecule has 2 N–H and O–H groups in total. The highest BCUT2D eigenvalue weighted by Gasteiger charge is 2.29. The number of carbonyl (C=O) groups excluding carboxylic acids is 2. The molecule has 2 atom stereocenters. The van der Waals surface area contributed by atoms with E-state index >= 15 is 0 Å². The predicted octanol–water partition coefficient (Wildman–Crippen LogP) is 3.16. The Hall–Kier alpha value is -2.57. The topological polar surface area (TPSA) is 102 Å². The summed E-state index contributed by atoms with van der Waals surface area (Å²) in [6.07, 6.45) is -1.61. The lowest BCUT2D eigenvalue weighted by Gasteiger charge is -2.25. The minimum Gasteiger partial charge on any atom is -0.481 e. The minimum atomic E-state index is -1.05. The number of esters is 1. The van der Waals surface area contributed by atoms with E-state index in [0.717, 1.165) is 5.56 Å². The van der Waals surface area contributed by atoms with Crippen molar-refractivity contribution in [2.75, 3.05) is 0 Å². The second-order valence-electron chi connectivity index (χ2n) is 7.71. The van der Waals surface area contributed by atoms with E-state index in [9.17, 15) is 14.4 Å². The SMILES string of the molecule is CC(C)[C@H](CC(=O)O)OC(=O)C(Cc1ccccc1)NC(=O)OC(C)(C)C. The van der Waals surface area contributed by atoms with E-state index in [4.69, 9.17) is 14.6 Å². The maximum Gasteiger partial charge on any atom is 0.408 e. The first kappa shape index (κ1) is 22.5. The van der Waals surface area contributed by atoms with Crippen molar-refractivity contribution in [3.63, 3.8) is 0 Å². The van der Waals surface area contributed by atoms with Gasteiger partial charge in [-0.3, -0.25) is 4.79 Å². The zero-order chi connectivity index (χ0) is 20.6. The number of rotatable bonds is 8. The Balaban J connectivity index is 2.92. The molecule has 0 fully saturated rings. The fourth-order valence-corrected chi connectivity index (χ4v) is 2.31. The van der Waals surface area contributed by atoms with E-state index in [1.807, 2.05) is 30.3 Å². The molecule has 0 aliphatic carbocycles. The number of alkyl carbamates (subject to hydrolysis) is 1. The molecule has 1 aromatic rings. The second kappa shape index (κ2) is 9.94. The molecular formula is C20H29NO6. The van der Waals surface area contributed by atoms with Crippen molar-refractivity contribution in [3.05, 3.63) is 35.9 Å². The van der Waals surface area contributed by atoms with Crippen molar-refractivity contribution < 1.29 is 29.0 Å². The van der Waals surface area contributed by atoms with Crippen LogP contribution in [0.5, 0.6) is 0 Å². The van der Waals surface area contributed by atoms with Crippen LogP contribution in [-0.4, -0.2) is 40.9 Å². The molecule has 7 nitrogen and oxygen atoms in total. The molecule has 1 aromatic carbocycles. The Morgan fingerprint density at radius 2 is 1.70 bits per heavy atom. The standard InChI is InChI=1S/C20H29NO6/c1-13(2)16(12-17(22)23)26-18(24)15(11-14-9-7-6-8-10-14)21-19(25)27-20(3,4)5/h6-10,13,15-16H,11-12H2,1-5H3,(H,21,25)(H,22,23)/t15?,16-/m0/s1. The number of amides is 1. The molecule has 0 bridgehead atoms. The van der Waals surface area contributed by atoms with Crippen molar-refractivity contribution >= 4 is 18.0 Å². The van der Waals surface area contributed by atoms with Crippen molar-refractivity contribution in [2.24, 2.45) is 5.92 Å². The summed E-state index contributed by atoms with van der Waals surface area (Å²) in [6, 6.07) is 8.17. The summed E-state index contributed by atoms with van der Waals surface area (Å²) in [5.74, 6) is -1.92. The van der Waals surface area contributed by atoms with Gasteiger partial charge in [-0.1, -0.05) is 44.2 Å². The third-order valence-corrected chi connectivity index (χ3v) is 3.65. The molecule has 1 amide bonds. The van der Waals surface area contributed by atoms with Crippen LogP contribution in [0.4, 0.5) is 4.79 Å². The molecule has 1 rings (SSSR count). The van der Waals surface area contributed by atoms with E-state index < -0.39 is 35.8 Å². The summed E-state index contributed by atoms with van der Waals surface area (Å²) in [4.78, 5) is 35.8. The van der Waals surface area contributed by atoms with Crippen LogP contribution in [0.3, 0.4) is 0 Å². The van der Waals surface area contributed by atoms with E-state index in [1.54, 1.807) is 34.6 Å². The summed E-state index contributed by atoms with van der Waals surface area (Å²) in [7, 11) is 0. The fraction of sp³-hybridized carbons (Fsp3) is 0.550.